The maximum absolute atomic E-state index is 10.9. The average Bonchev–Trinajstić information content (AvgIpc) is 2.28. The number of hydrogen-bond acceptors (Lipinski definition) is 3. The Bertz CT molecular complexity index is 369. The molecule has 0 saturated heterocycles. The van der Waals surface area contributed by atoms with Crippen molar-refractivity contribution in [3.8, 4) is 5.75 Å². The van der Waals surface area contributed by atoms with Crippen LogP contribution in [0.1, 0.15) is 51.1 Å². The normalized spacial score (nSPS) is 11.5. The van der Waals surface area contributed by atoms with Gasteiger partial charge in [0.15, 0.2) is 0 Å². The number of carbonyl (C=O) groups is 1. The monoisotopic (exact) mass is 271 g/mol. The minimum Gasteiger partial charge on any atom is -0.427 e. The summed E-state index contributed by atoms with van der Waals surface area (Å²) in [5, 5.41) is 0. The van der Waals surface area contributed by atoms with Gasteiger partial charge in [0.1, 0.15) is 5.75 Å². The maximum Gasteiger partial charge on any atom is 0.308 e. The molecule has 0 fully saturated rings. The second-order valence-electron chi connectivity index (χ2n) is 4.27. The summed E-state index contributed by atoms with van der Waals surface area (Å²) in [4.78, 5) is 10.9. The summed E-state index contributed by atoms with van der Waals surface area (Å²) in [5.41, 5.74) is 7.12. The average molecular weight is 272 g/mol. The van der Waals surface area contributed by atoms with Crippen LogP contribution < -0.4 is 10.5 Å². The summed E-state index contributed by atoms with van der Waals surface area (Å²) in [6.07, 6.45) is 4.50. The van der Waals surface area contributed by atoms with Gasteiger partial charge in [-0.25, -0.2) is 0 Å². The number of halogens is 1. The smallest absolute Gasteiger partial charge is 0.308 e. The Balaban J connectivity index is 0.00000289. The molecule has 4 heteroatoms. The van der Waals surface area contributed by atoms with Gasteiger partial charge in [0, 0.05) is 13.0 Å². The number of ether oxygens (including phenoxy) is 1. The van der Waals surface area contributed by atoms with E-state index in [1.54, 1.807) is 6.07 Å². The van der Waals surface area contributed by atoms with E-state index in [1.807, 2.05) is 18.2 Å². The van der Waals surface area contributed by atoms with E-state index in [1.165, 1.54) is 19.8 Å². The highest BCUT2D eigenvalue weighted by Gasteiger charge is 2.07. The fourth-order valence-electron chi connectivity index (χ4n) is 1.76. The van der Waals surface area contributed by atoms with Crippen LogP contribution in [0.25, 0.3) is 0 Å². The standard InChI is InChI=1S/C14H21NO2.ClH/c1-3-4-5-9-14(15)12-7-6-8-13(10-12)17-11(2)16;/h6-8,10,14H,3-5,9,15H2,1-2H3;1H/t14-;/m0./s1. The van der Waals surface area contributed by atoms with Gasteiger partial charge in [-0.2, -0.15) is 0 Å². The first-order valence-electron chi connectivity index (χ1n) is 6.17. The van der Waals surface area contributed by atoms with E-state index in [0.29, 0.717) is 5.75 Å². The van der Waals surface area contributed by atoms with Crippen LogP contribution in [0.2, 0.25) is 0 Å². The van der Waals surface area contributed by atoms with Crippen LogP contribution in [0, 0.1) is 0 Å². The lowest BCUT2D eigenvalue weighted by Crippen LogP contribution is -2.10. The quantitative estimate of drug-likeness (QED) is 0.488. The van der Waals surface area contributed by atoms with Gasteiger partial charge in [0.2, 0.25) is 0 Å². The Hall–Kier alpha value is -1.06. The molecular formula is C14H22ClNO2. The van der Waals surface area contributed by atoms with Crippen molar-refractivity contribution in [1.82, 2.24) is 0 Å². The van der Waals surface area contributed by atoms with Gasteiger partial charge in [0.25, 0.3) is 0 Å². The molecule has 0 amide bonds. The van der Waals surface area contributed by atoms with Crippen LogP contribution >= 0.6 is 12.4 Å². The van der Waals surface area contributed by atoms with Crippen LogP contribution in [0.3, 0.4) is 0 Å². The molecule has 3 nitrogen and oxygen atoms in total. The second-order valence-corrected chi connectivity index (χ2v) is 4.27. The van der Waals surface area contributed by atoms with Crippen molar-refractivity contribution >= 4 is 18.4 Å². The fraction of sp³-hybridized carbons (Fsp3) is 0.500. The van der Waals surface area contributed by atoms with E-state index in [0.717, 1.165) is 18.4 Å². The first-order valence-corrected chi connectivity index (χ1v) is 6.17. The largest absolute Gasteiger partial charge is 0.427 e. The van der Waals surface area contributed by atoms with Gasteiger partial charge >= 0.3 is 5.97 Å². The molecule has 102 valence electrons. The van der Waals surface area contributed by atoms with E-state index < -0.39 is 0 Å². The van der Waals surface area contributed by atoms with Gasteiger partial charge in [-0.1, -0.05) is 38.3 Å². The first kappa shape index (κ1) is 16.9. The number of benzene rings is 1. The van der Waals surface area contributed by atoms with Gasteiger partial charge in [-0.15, -0.1) is 12.4 Å². The number of esters is 1. The Morgan fingerprint density at radius 2 is 2.11 bits per heavy atom. The van der Waals surface area contributed by atoms with Crippen LogP contribution in [0.5, 0.6) is 5.75 Å². The molecular weight excluding hydrogens is 250 g/mol. The van der Waals surface area contributed by atoms with E-state index in [-0.39, 0.29) is 24.4 Å². The zero-order valence-corrected chi connectivity index (χ0v) is 11.8. The number of nitrogens with two attached hydrogens (primary N) is 1. The third-order valence-electron chi connectivity index (χ3n) is 2.67. The lowest BCUT2D eigenvalue weighted by Gasteiger charge is -2.12. The predicted octanol–water partition coefficient (Wildman–Crippen LogP) is 3.61. The Morgan fingerprint density at radius 1 is 1.39 bits per heavy atom. The molecule has 0 aliphatic carbocycles. The summed E-state index contributed by atoms with van der Waals surface area (Å²) in [7, 11) is 0. The molecule has 0 aliphatic rings. The highest BCUT2D eigenvalue weighted by Crippen LogP contribution is 2.21. The van der Waals surface area contributed by atoms with Gasteiger partial charge in [-0.3, -0.25) is 4.79 Å². The second kappa shape index (κ2) is 8.95. The molecule has 0 aliphatic heterocycles. The van der Waals surface area contributed by atoms with Crippen LogP contribution in [0.15, 0.2) is 24.3 Å². The fourth-order valence-corrected chi connectivity index (χ4v) is 1.76. The zero-order valence-electron chi connectivity index (χ0n) is 11.0. The van der Waals surface area contributed by atoms with Gasteiger partial charge < -0.3 is 10.5 Å². The molecule has 0 aromatic heterocycles. The lowest BCUT2D eigenvalue weighted by atomic mass is 10.0. The Morgan fingerprint density at radius 3 is 2.72 bits per heavy atom. The topological polar surface area (TPSA) is 52.3 Å². The molecule has 0 unspecified atom stereocenters. The molecule has 1 aromatic rings. The molecule has 0 radical (unpaired) electrons. The molecule has 1 rings (SSSR count). The van der Waals surface area contributed by atoms with Crippen molar-refractivity contribution in [1.29, 1.82) is 0 Å². The SMILES string of the molecule is CCCCC[C@H](N)c1cccc(OC(C)=O)c1.Cl. The molecule has 1 atom stereocenters. The summed E-state index contributed by atoms with van der Waals surface area (Å²) >= 11 is 0. The number of hydrogen-bond donors (Lipinski definition) is 1. The molecule has 0 saturated carbocycles. The van der Waals surface area contributed by atoms with E-state index >= 15 is 0 Å². The van der Waals surface area contributed by atoms with Crippen LogP contribution in [-0.2, 0) is 4.79 Å². The zero-order chi connectivity index (χ0) is 12.7. The van der Waals surface area contributed by atoms with Crippen molar-refractivity contribution in [2.45, 2.75) is 45.6 Å². The predicted molar refractivity (Wildman–Crippen MR) is 76.1 cm³/mol. The number of rotatable bonds is 6. The summed E-state index contributed by atoms with van der Waals surface area (Å²) in [5.74, 6) is 0.266. The maximum atomic E-state index is 10.9. The molecule has 2 N–H and O–H groups in total. The van der Waals surface area contributed by atoms with Crippen molar-refractivity contribution in [3.05, 3.63) is 29.8 Å². The van der Waals surface area contributed by atoms with E-state index in [4.69, 9.17) is 10.5 Å². The van der Waals surface area contributed by atoms with Gasteiger partial charge in [0.05, 0.1) is 0 Å². The molecule has 18 heavy (non-hydrogen) atoms. The van der Waals surface area contributed by atoms with E-state index in [9.17, 15) is 4.79 Å². The van der Waals surface area contributed by atoms with Crippen molar-refractivity contribution in [2.75, 3.05) is 0 Å². The first-order chi connectivity index (χ1) is 8.13. The van der Waals surface area contributed by atoms with Crippen molar-refractivity contribution < 1.29 is 9.53 Å². The third kappa shape index (κ3) is 6.03. The third-order valence-corrected chi connectivity index (χ3v) is 2.67. The van der Waals surface area contributed by atoms with Crippen LogP contribution in [-0.4, -0.2) is 5.97 Å². The Kier molecular flexibility index (Phi) is 8.42. The number of carbonyl (C=O) groups excluding carboxylic acids is 1. The lowest BCUT2D eigenvalue weighted by molar-refractivity contribution is -0.131. The molecule has 1 aromatic carbocycles. The summed E-state index contributed by atoms with van der Waals surface area (Å²) in [6.45, 7) is 3.57. The van der Waals surface area contributed by atoms with Crippen molar-refractivity contribution in [2.24, 2.45) is 5.73 Å². The molecule has 0 bridgehead atoms. The summed E-state index contributed by atoms with van der Waals surface area (Å²) in [6, 6.07) is 7.48. The minimum atomic E-state index is -0.304. The van der Waals surface area contributed by atoms with Gasteiger partial charge in [-0.05, 0) is 24.1 Å². The van der Waals surface area contributed by atoms with Crippen molar-refractivity contribution in [3.63, 3.8) is 0 Å². The minimum absolute atomic E-state index is 0. The highest BCUT2D eigenvalue weighted by atomic mass is 35.5. The summed E-state index contributed by atoms with van der Waals surface area (Å²) < 4.78 is 5.04. The van der Waals surface area contributed by atoms with Crippen LogP contribution in [0.4, 0.5) is 0 Å². The molecule has 0 heterocycles. The highest BCUT2D eigenvalue weighted by molar-refractivity contribution is 5.85. The molecule has 0 spiro atoms. The van der Waals surface area contributed by atoms with E-state index in [2.05, 4.69) is 6.92 Å². The Labute approximate surface area is 115 Å². The number of unbranched alkanes of at least 4 members (excludes halogenated alkanes) is 2.